The van der Waals surface area contributed by atoms with E-state index in [2.05, 4.69) is 22.1 Å². The van der Waals surface area contributed by atoms with E-state index in [1.807, 2.05) is 18.2 Å². The first-order chi connectivity index (χ1) is 15.9. The van der Waals surface area contributed by atoms with Gasteiger partial charge in [0, 0.05) is 24.3 Å². The predicted octanol–water partition coefficient (Wildman–Crippen LogP) is 5.30. The number of rotatable bonds is 9. The van der Waals surface area contributed by atoms with Gasteiger partial charge >= 0.3 is 0 Å². The molecule has 0 radical (unpaired) electrons. The van der Waals surface area contributed by atoms with Crippen LogP contribution in [-0.4, -0.2) is 24.7 Å². The Morgan fingerprint density at radius 1 is 1.12 bits per heavy atom. The van der Waals surface area contributed by atoms with Gasteiger partial charge in [0.25, 0.3) is 10.0 Å². The van der Waals surface area contributed by atoms with Crippen molar-refractivity contribution in [2.45, 2.75) is 62.9 Å². The monoisotopic (exact) mass is 469 g/mol. The van der Waals surface area contributed by atoms with Crippen molar-refractivity contribution in [3.63, 3.8) is 0 Å². The highest BCUT2D eigenvalue weighted by atomic mass is 32.2. The summed E-state index contributed by atoms with van der Waals surface area (Å²) in [5, 5.41) is 17.3. The Bertz CT molecular complexity index is 1160. The lowest BCUT2D eigenvalue weighted by molar-refractivity contribution is 0.304. The van der Waals surface area contributed by atoms with E-state index in [9.17, 15) is 13.5 Å². The van der Waals surface area contributed by atoms with Gasteiger partial charge in [-0.05, 0) is 55.2 Å². The molecule has 2 aromatic carbocycles. The van der Waals surface area contributed by atoms with Crippen molar-refractivity contribution in [3.8, 4) is 17.1 Å². The van der Waals surface area contributed by atoms with Gasteiger partial charge in [-0.2, -0.15) is 0 Å². The smallest absolute Gasteiger partial charge is 0.261 e. The summed E-state index contributed by atoms with van der Waals surface area (Å²) in [5.41, 5.74) is 1.77. The maximum Gasteiger partial charge on any atom is 0.261 e. The minimum atomic E-state index is -3.85. The highest BCUT2D eigenvalue weighted by Gasteiger charge is 2.19. The number of sulfonamides is 1. The number of nitrogens with zero attached hydrogens (tertiary/aromatic N) is 1. The molecule has 1 fully saturated rings. The number of aromatic nitrogens is 1. The van der Waals surface area contributed by atoms with E-state index in [-0.39, 0.29) is 16.2 Å². The second kappa shape index (κ2) is 10.4. The molecule has 0 unspecified atom stereocenters. The lowest BCUT2D eigenvalue weighted by Gasteiger charge is -2.25. The largest absolute Gasteiger partial charge is 0.507 e. The summed E-state index contributed by atoms with van der Waals surface area (Å²) in [6, 6.07) is 13.4. The second-order valence-corrected chi connectivity index (χ2v) is 10.6. The van der Waals surface area contributed by atoms with Crippen molar-refractivity contribution in [2.75, 3.05) is 4.72 Å². The predicted molar refractivity (Wildman–Crippen MR) is 128 cm³/mol. The number of nitrogens with one attached hydrogen (secondary N) is 2. The molecule has 0 aliphatic heterocycles. The number of anilines is 1. The molecule has 1 aliphatic rings. The Morgan fingerprint density at radius 2 is 1.94 bits per heavy atom. The zero-order valence-electron chi connectivity index (χ0n) is 18.8. The number of hydrogen-bond donors (Lipinski definition) is 3. The van der Waals surface area contributed by atoms with E-state index >= 15 is 0 Å². The average Bonchev–Trinajstić information content (AvgIpc) is 3.33. The molecular weight excluding hydrogens is 438 g/mol. The van der Waals surface area contributed by atoms with Gasteiger partial charge < -0.3 is 14.9 Å². The summed E-state index contributed by atoms with van der Waals surface area (Å²) < 4.78 is 33.7. The highest BCUT2D eigenvalue weighted by Crippen LogP contribution is 2.32. The number of benzene rings is 2. The van der Waals surface area contributed by atoms with Crippen molar-refractivity contribution in [3.05, 3.63) is 60.3 Å². The van der Waals surface area contributed by atoms with Gasteiger partial charge in [0.1, 0.15) is 5.75 Å². The van der Waals surface area contributed by atoms with Crippen molar-refractivity contribution < 1.29 is 18.0 Å². The summed E-state index contributed by atoms with van der Waals surface area (Å²) in [6.07, 6.45) is 9.34. The Balaban J connectivity index is 1.41. The topological polar surface area (TPSA) is 104 Å². The molecule has 33 heavy (non-hydrogen) atoms. The van der Waals surface area contributed by atoms with Gasteiger partial charge in [-0.3, -0.25) is 4.72 Å². The van der Waals surface area contributed by atoms with E-state index in [0.29, 0.717) is 24.0 Å². The van der Waals surface area contributed by atoms with Gasteiger partial charge in [-0.15, -0.1) is 0 Å². The molecule has 1 heterocycles. The Kier molecular flexibility index (Phi) is 7.35. The molecule has 3 aromatic rings. The summed E-state index contributed by atoms with van der Waals surface area (Å²) in [5.74, 6) is 1.02. The van der Waals surface area contributed by atoms with Crippen LogP contribution in [0.5, 0.6) is 5.75 Å². The van der Waals surface area contributed by atoms with Crippen LogP contribution in [0.3, 0.4) is 0 Å². The molecule has 1 aromatic heterocycles. The maximum atomic E-state index is 13.0. The molecule has 1 atom stereocenters. The van der Waals surface area contributed by atoms with Crippen LogP contribution in [0, 0.1) is 5.92 Å². The first-order valence-electron chi connectivity index (χ1n) is 11.5. The molecule has 176 valence electrons. The maximum absolute atomic E-state index is 13.0. The first-order valence-corrected chi connectivity index (χ1v) is 13.0. The first kappa shape index (κ1) is 23.3. The van der Waals surface area contributed by atoms with Crippen LogP contribution in [0.15, 0.2) is 64.1 Å². The minimum absolute atomic E-state index is 0.0244. The molecule has 7 nitrogen and oxygen atoms in total. The second-order valence-electron chi connectivity index (χ2n) is 8.88. The van der Waals surface area contributed by atoms with E-state index in [1.54, 1.807) is 12.1 Å². The van der Waals surface area contributed by atoms with Crippen LogP contribution >= 0.6 is 0 Å². The molecule has 1 saturated carbocycles. The van der Waals surface area contributed by atoms with Crippen molar-refractivity contribution in [1.82, 2.24) is 10.5 Å². The molecule has 0 amide bonds. The third-order valence-electron chi connectivity index (χ3n) is 6.23. The zero-order valence-corrected chi connectivity index (χ0v) is 19.6. The van der Waals surface area contributed by atoms with Crippen molar-refractivity contribution in [1.29, 1.82) is 0 Å². The minimum Gasteiger partial charge on any atom is -0.507 e. The lowest BCUT2D eigenvalue weighted by atomic mass is 9.85. The van der Waals surface area contributed by atoms with Crippen LogP contribution in [-0.2, 0) is 16.6 Å². The molecule has 4 rings (SSSR count). The Morgan fingerprint density at radius 3 is 2.70 bits per heavy atom. The summed E-state index contributed by atoms with van der Waals surface area (Å²) in [7, 11) is -3.85. The molecule has 0 spiro atoms. The standard InChI is InChI=1S/C25H31N3O4S/c1-18(14-19-6-3-2-4-7-19)26-17-20-8-5-9-21(15-20)28-33(30,31)22-10-11-24(29)23(16-22)25-12-13-27-32-25/h5,8-13,15-16,18-19,26,28-29H,2-4,6-7,14,17H2,1H3/t18-/m0/s1. The fourth-order valence-electron chi connectivity index (χ4n) is 4.49. The van der Waals surface area contributed by atoms with Crippen LogP contribution in [0.2, 0.25) is 0 Å². The SMILES string of the molecule is C[C@@H](CC1CCCCC1)NCc1cccc(NS(=O)(=O)c2ccc(O)c(-c3ccno3)c2)c1. The van der Waals surface area contributed by atoms with Gasteiger partial charge in [0.15, 0.2) is 5.76 Å². The van der Waals surface area contributed by atoms with Crippen LogP contribution in [0.25, 0.3) is 11.3 Å². The number of phenolic OH excluding ortho intramolecular Hbond substituents is 1. The summed E-state index contributed by atoms with van der Waals surface area (Å²) in [4.78, 5) is 0.0244. The van der Waals surface area contributed by atoms with Crippen LogP contribution in [0.4, 0.5) is 5.69 Å². The third kappa shape index (κ3) is 6.15. The van der Waals surface area contributed by atoms with Gasteiger partial charge in [-0.1, -0.05) is 49.4 Å². The lowest BCUT2D eigenvalue weighted by Crippen LogP contribution is -2.28. The quantitative estimate of drug-likeness (QED) is 0.393. The van der Waals surface area contributed by atoms with Crippen LogP contribution < -0.4 is 10.0 Å². The normalized spacial score (nSPS) is 15.9. The van der Waals surface area contributed by atoms with Crippen LogP contribution in [0.1, 0.15) is 51.0 Å². The van der Waals surface area contributed by atoms with Gasteiger partial charge in [0.2, 0.25) is 0 Å². The molecule has 0 saturated heterocycles. The molecule has 8 heteroatoms. The average molecular weight is 470 g/mol. The van der Waals surface area contributed by atoms with Gasteiger partial charge in [0.05, 0.1) is 16.7 Å². The molecule has 3 N–H and O–H groups in total. The number of hydrogen-bond acceptors (Lipinski definition) is 6. The fourth-order valence-corrected chi connectivity index (χ4v) is 5.57. The number of phenols is 1. The van der Waals surface area contributed by atoms with Crippen molar-refractivity contribution in [2.24, 2.45) is 5.92 Å². The zero-order chi connectivity index (χ0) is 23.3. The van der Waals surface area contributed by atoms with Gasteiger partial charge in [-0.25, -0.2) is 8.42 Å². The highest BCUT2D eigenvalue weighted by molar-refractivity contribution is 7.92. The third-order valence-corrected chi connectivity index (χ3v) is 7.61. The van der Waals surface area contributed by atoms with Crippen molar-refractivity contribution >= 4 is 15.7 Å². The van der Waals surface area contributed by atoms with E-state index in [1.165, 1.54) is 62.9 Å². The Labute approximate surface area is 195 Å². The molecule has 1 aliphatic carbocycles. The van der Waals surface area contributed by atoms with E-state index in [4.69, 9.17) is 4.52 Å². The summed E-state index contributed by atoms with van der Waals surface area (Å²) in [6.45, 7) is 2.90. The van der Waals surface area contributed by atoms with E-state index in [0.717, 1.165) is 11.5 Å². The Hall–Kier alpha value is -2.84. The summed E-state index contributed by atoms with van der Waals surface area (Å²) >= 11 is 0. The molecule has 0 bridgehead atoms. The molecular formula is C25H31N3O4S. The van der Waals surface area contributed by atoms with E-state index < -0.39 is 10.0 Å². The number of aromatic hydroxyl groups is 1. The fraction of sp³-hybridized carbons (Fsp3) is 0.400.